The van der Waals surface area contributed by atoms with Crippen LogP contribution in [0.4, 0.5) is 35.3 Å². The predicted octanol–water partition coefficient (Wildman–Crippen LogP) is 3.59. The lowest BCUT2D eigenvalue weighted by Crippen LogP contribution is -2.56. The second-order valence-electron chi connectivity index (χ2n) is 10.5. The van der Waals surface area contributed by atoms with Gasteiger partial charge in [-0.25, -0.2) is 24.7 Å². The molecule has 3 aliphatic heterocycles. The smallest absolute Gasteiger partial charge is 0.391 e. The number of nitrogens with one attached hydrogen (secondary N) is 1. The molecule has 0 saturated carbocycles. The zero-order valence-corrected chi connectivity index (χ0v) is 22.3. The molecule has 0 spiro atoms. The lowest BCUT2D eigenvalue weighted by molar-refractivity contribution is -0.168. The van der Waals surface area contributed by atoms with Crippen LogP contribution in [0.2, 0.25) is 0 Å². The number of fused-ring (bicyclic) bond motifs is 4. The molecule has 2 fully saturated rings. The number of ether oxygens (including phenoxy) is 3. The Morgan fingerprint density at radius 3 is 2.80 bits per heavy atom. The van der Waals surface area contributed by atoms with Crippen LogP contribution in [-0.4, -0.2) is 82.2 Å². The molecule has 12 nitrogen and oxygen atoms in total. The third kappa shape index (κ3) is 6.09. The summed E-state index contributed by atoms with van der Waals surface area (Å²) in [5.41, 5.74) is 0.528. The molecule has 0 unspecified atom stereocenters. The van der Waals surface area contributed by atoms with Gasteiger partial charge in [0.05, 0.1) is 30.5 Å². The van der Waals surface area contributed by atoms with Crippen LogP contribution in [0.1, 0.15) is 50.7 Å². The summed E-state index contributed by atoms with van der Waals surface area (Å²) in [5.74, 6) is -3.21. The van der Waals surface area contributed by atoms with Gasteiger partial charge in [0.2, 0.25) is 11.7 Å². The molecule has 2 amide bonds. The van der Waals surface area contributed by atoms with Crippen molar-refractivity contribution in [2.75, 3.05) is 41.4 Å². The maximum atomic E-state index is 13.5. The zero-order valence-electron chi connectivity index (χ0n) is 22.3. The summed E-state index contributed by atoms with van der Waals surface area (Å²) in [6, 6.07) is 0.630. The van der Waals surface area contributed by atoms with Crippen LogP contribution in [0.5, 0.6) is 5.88 Å². The third-order valence-corrected chi connectivity index (χ3v) is 6.96. The number of urea groups is 1. The summed E-state index contributed by atoms with van der Waals surface area (Å²) in [7, 11) is 0. The van der Waals surface area contributed by atoms with E-state index in [0.29, 0.717) is 31.8 Å². The lowest BCUT2D eigenvalue weighted by atomic mass is 10.00. The predicted molar refractivity (Wildman–Crippen MR) is 135 cm³/mol. The molecule has 1 N–H and O–H groups in total. The first kappa shape index (κ1) is 28.0. The normalized spacial score (nSPS) is 22.4. The summed E-state index contributed by atoms with van der Waals surface area (Å²) in [4.78, 5) is 46.1. The number of carbonyl (C=O) groups excluding carboxylic acids is 2. The first-order valence-corrected chi connectivity index (χ1v) is 13.0. The van der Waals surface area contributed by atoms with Crippen molar-refractivity contribution in [3.05, 3.63) is 24.4 Å². The number of hydrogen-bond donors (Lipinski definition) is 1. The maximum absolute atomic E-state index is 13.5. The molecule has 5 heterocycles. The van der Waals surface area contributed by atoms with Crippen LogP contribution in [0.3, 0.4) is 0 Å². The van der Waals surface area contributed by atoms with Crippen molar-refractivity contribution in [1.29, 1.82) is 0 Å². The van der Waals surface area contributed by atoms with Gasteiger partial charge in [-0.1, -0.05) is 6.92 Å². The van der Waals surface area contributed by atoms with E-state index >= 15 is 0 Å². The van der Waals surface area contributed by atoms with E-state index in [0.717, 1.165) is 13.3 Å². The monoisotopic (exact) mass is 565 g/mol. The Morgan fingerprint density at radius 2 is 2.08 bits per heavy atom. The van der Waals surface area contributed by atoms with Crippen LogP contribution in [0.15, 0.2) is 18.6 Å². The van der Waals surface area contributed by atoms with E-state index < -0.39 is 36.1 Å². The minimum atomic E-state index is -4.52. The molecule has 216 valence electrons. The van der Waals surface area contributed by atoms with Gasteiger partial charge in [0.1, 0.15) is 24.9 Å². The molecule has 2 saturated heterocycles. The van der Waals surface area contributed by atoms with Crippen molar-refractivity contribution >= 4 is 29.1 Å². The Morgan fingerprint density at radius 1 is 1.27 bits per heavy atom. The minimum absolute atomic E-state index is 0.165. The van der Waals surface area contributed by atoms with Gasteiger partial charge in [-0.15, -0.1) is 0 Å². The molecular formula is C25H30F3N7O5. The van der Waals surface area contributed by atoms with Gasteiger partial charge in [0, 0.05) is 25.6 Å². The number of aromatic nitrogens is 4. The molecule has 0 aliphatic carbocycles. The highest BCUT2D eigenvalue weighted by Gasteiger charge is 2.41. The molecule has 0 aromatic carbocycles. The highest BCUT2D eigenvalue weighted by molar-refractivity contribution is 6.04. The van der Waals surface area contributed by atoms with Crippen LogP contribution in [0, 0.1) is 5.92 Å². The second kappa shape index (κ2) is 10.8. The molecule has 5 rings (SSSR count). The Bertz CT molecular complexity index is 1280. The summed E-state index contributed by atoms with van der Waals surface area (Å²) >= 11 is 0. The first-order chi connectivity index (χ1) is 18.9. The number of hydrogen-bond acceptors (Lipinski definition) is 10. The largest absolute Gasteiger partial charge is 0.475 e. The fourth-order valence-corrected chi connectivity index (χ4v) is 4.89. The van der Waals surface area contributed by atoms with E-state index in [1.165, 1.54) is 23.5 Å². The Kier molecular flexibility index (Phi) is 7.52. The van der Waals surface area contributed by atoms with Crippen molar-refractivity contribution in [2.24, 2.45) is 5.92 Å². The SMILES string of the molecule is C[C@@H](CC(=O)c1ncc2c(n1)N(C(=O)Nc1cc(OC[C@H]3COC(C)(C)O3)ncn1)[C@H]1CCCN2C1)C(F)(F)F. The third-order valence-electron chi connectivity index (χ3n) is 6.96. The summed E-state index contributed by atoms with van der Waals surface area (Å²) in [6.45, 7) is 6.34. The summed E-state index contributed by atoms with van der Waals surface area (Å²) < 4.78 is 56.0. The lowest BCUT2D eigenvalue weighted by Gasteiger charge is -2.45. The second-order valence-corrected chi connectivity index (χ2v) is 10.5. The molecule has 2 aromatic rings. The Hall–Kier alpha value is -3.59. The number of amides is 2. The van der Waals surface area contributed by atoms with E-state index in [9.17, 15) is 22.8 Å². The van der Waals surface area contributed by atoms with Crippen LogP contribution >= 0.6 is 0 Å². The molecule has 2 bridgehead atoms. The summed E-state index contributed by atoms with van der Waals surface area (Å²) in [6.07, 6.45) is -1.46. The molecule has 40 heavy (non-hydrogen) atoms. The number of halogens is 3. The first-order valence-electron chi connectivity index (χ1n) is 13.0. The van der Waals surface area contributed by atoms with Crippen LogP contribution < -0.4 is 19.9 Å². The van der Waals surface area contributed by atoms with Gasteiger partial charge in [-0.3, -0.25) is 15.0 Å². The van der Waals surface area contributed by atoms with E-state index in [2.05, 4.69) is 25.3 Å². The maximum Gasteiger partial charge on any atom is 0.391 e. The molecule has 3 aliphatic rings. The van der Waals surface area contributed by atoms with E-state index in [1.807, 2.05) is 18.7 Å². The number of nitrogens with zero attached hydrogens (tertiary/aromatic N) is 6. The Labute approximate surface area is 228 Å². The van der Waals surface area contributed by atoms with Crippen molar-refractivity contribution in [3.63, 3.8) is 0 Å². The average molecular weight is 566 g/mol. The van der Waals surface area contributed by atoms with Crippen molar-refractivity contribution < 1.29 is 37.0 Å². The number of rotatable bonds is 7. The van der Waals surface area contributed by atoms with Gasteiger partial charge in [-0.2, -0.15) is 13.2 Å². The molecule has 3 atom stereocenters. The number of ketones is 1. The van der Waals surface area contributed by atoms with Crippen molar-refractivity contribution in [1.82, 2.24) is 19.9 Å². The van der Waals surface area contributed by atoms with E-state index in [1.54, 1.807) is 0 Å². The number of anilines is 3. The fraction of sp³-hybridized carbons (Fsp3) is 0.600. The number of Topliss-reactive ketones (excluding diaryl/α,β-unsaturated/α-hetero) is 1. The highest BCUT2D eigenvalue weighted by Crippen LogP contribution is 2.38. The minimum Gasteiger partial charge on any atom is -0.475 e. The number of alkyl halides is 3. The topological polar surface area (TPSA) is 132 Å². The highest BCUT2D eigenvalue weighted by atomic mass is 19.4. The molecule has 15 heteroatoms. The number of piperidine rings is 1. The van der Waals surface area contributed by atoms with E-state index in [4.69, 9.17) is 14.2 Å². The molecule has 2 aromatic heterocycles. The zero-order chi connectivity index (χ0) is 28.7. The van der Waals surface area contributed by atoms with Gasteiger partial charge < -0.3 is 19.1 Å². The Balaban J connectivity index is 1.33. The fourth-order valence-electron chi connectivity index (χ4n) is 4.89. The quantitative estimate of drug-likeness (QED) is 0.497. The van der Waals surface area contributed by atoms with Crippen molar-refractivity contribution in [3.8, 4) is 5.88 Å². The standard InChI is InChI=1S/C25H30F3N7O5/c1-14(25(26,27)28)7-18(36)21-29-9-17-22(33-21)35(15-5-4-6-34(17)10-15)23(37)32-19-8-20(31-13-30-19)38-11-16-12-39-24(2,3)40-16/h8-9,13-16H,4-7,10-12H2,1-3H3,(H,30,31,32,37)/t14-,15-,16-/m0/s1. The van der Waals surface area contributed by atoms with Gasteiger partial charge in [0.15, 0.2) is 17.4 Å². The average Bonchev–Trinajstić information content (AvgIpc) is 3.25. The van der Waals surface area contributed by atoms with Crippen LogP contribution in [-0.2, 0) is 9.47 Å². The van der Waals surface area contributed by atoms with Crippen LogP contribution in [0.25, 0.3) is 0 Å². The summed E-state index contributed by atoms with van der Waals surface area (Å²) in [5, 5.41) is 2.73. The molecular weight excluding hydrogens is 535 g/mol. The van der Waals surface area contributed by atoms with Gasteiger partial charge in [-0.05, 0) is 26.7 Å². The van der Waals surface area contributed by atoms with E-state index in [-0.39, 0.29) is 42.1 Å². The van der Waals surface area contributed by atoms with Gasteiger partial charge >= 0.3 is 12.2 Å². The molecule has 0 radical (unpaired) electrons. The number of carbonyl (C=O) groups is 2. The van der Waals surface area contributed by atoms with Gasteiger partial charge in [0.25, 0.3) is 0 Å². The van der Waals surface area contributed by atoms with Crippen molar-refractivity contribution in [2.45, 2.75) is 64.1 Å².